The number of nitrogens with one attached hydrogen (secondary N) is 1. The maximum Gasteiger partial charge on any atom is 0.261 e. The zero-order chi connectivity index (χ0) is 20.5. The molecule has 1 N–H and O–H groups in total. The summed E-state index contributed by atoms with van der Waals surface area (Å²) in [5, 5.41) is 2.86. The number of hydrogen-bond acceptors (Lipinski definition) is 3. The fourth-order valence-corrected chi connectivity index (χ4v) is 3.20. The van der Waals surface area contributed by atoms with E-state index in [1.807, 2.05) is 62.4 Å². The molecule has 0 fully saturated rings. The Morgan fingerprint density at radius 1 is 1.18 bits per heavy atom. The Labute approximate surface area is 175 Å². The highest BCUT2D eigenvalue weighted by molar-refractivity contribution is 9.10. The van der Waals surface area contributed by atoms with E-state index in [1.165, 1.54) is 0 Å². The first kappa shape index (κ1) is 22.0. The Balaban J connectivity index is 2.14. The second kappa shape index (κ2) is 10.9. The van der Waals surface area contributed by atoms with Crippen LogP contribution in [0.15, 0.2) is 53.0 Å². The van der Waals surface area contributed by atoms with E-state index in [4.69, 9.17) is 4.74 Å². The van der Waals surface area contributed by atoms with Gasteiger partial charge in [0.05, 0.1) is 0 Å². The van der Waals surface area contributed by atoms with Gasteiger partial charge in [0.1, 0.15) is 11.8 Å². The predicted octanol–water partition coefficient (Wildman–Crippen LogP) is 4.08. The minimum absolute atomic E-state index is 0.121. The van der Waals surface area contributed by atoms with Crippen LogP contribution < -0.4 is 10.1 Å². The number of para-hydroxylation sites is 1. The van der Waals surface area contributed by atoms with E-state index in [9.17, 15) is 9.59 Å². The Morgan fingerprint density at radius 3 is 2.61 bits per heavy atom. The van der Waals surface area contributed by atoms with Gasteiger partial charge in [0.2, 0.25) is 5.91 Å². The minimum atomic E-state index is -0.599. The summed E-state index contributed by atoms with van der Waals surface area (Å²) in [5.74, 6) is 0.268. The van der Waals surface area contributed by atoms with Gasteiger partial charge < -0.3 is 15.0 Å². The fourth-order valence-electron chi connectivity index (χ4n) is 2.75. The SMILES string of the molecule is CCCNC(=O)C(C)N(Cc1cccc(Br)c1)C(=O)COc1ccccc1C. The van der Waals surface area contributed by atoms with Crippen LogP contribution in [-0.4, -0.2) is 35.9 Å². The van der Waals surface area contributed by atoms with Crippen molar-refractivity contribution in [3.63, 3.8) is 0 Å². The Morgan fingerprint density at radius 2 is 1.93 bits per heavy atom. The lowest BCUT2D eigenvalue weighted by molar-refractivity contribution is -0.142. The van der Waals surface area contributed by atoms with Crippen molar-refractivity contribution in [3.8, 4) is 5.75 Å². The van der Waals surface area contributed by atoms with E-state index < -0.39 is 6.04 Å². The molecule has 0 aliphatic heterocycles. The summed E-state index contributed by atoms with van der Waals surface area (Å²) in [6.45, 7) is 6.46. The molecule has 6 heteroatoms. The lowest BCUT2D eigenvalue weighted by atomic mass is 10.1. The number of carbonyl (C=O) groups excluding carboxylic acids is 2. The number of amides is 2. The molecular weight excluding hydrogens is 420 g/mol. The van der Waals surface area contributed by atoms with Gasteiger partial charge in [0.25, 0.3) is 5.91 Å². The molecule has 0 saturated heterocycles. The van der Waals surface area contributed by atoms with E-state index in [2.05, 4.69) is 21.2 Å². The lowest BCUT2D eigenvalue weighted by Crippen LogP contribution is -2.49. The third kappa shape index (κ3) is 6.37. The molecule has 0 aromatic heterocycles. The van der Waals surface area contributed by atoms with Crippen molar-refractivity contribution in [3.05, 3.63) is 64.1 Å². The lowest BCUT2D eigenvalue weighted by Gasteiger charge is -2.29. The van der Waals surface area contributed by atoms with E-state index in [1.54, 1.807) is 11.8 Å². The normalized spacial score (nSPS) is 11.6. The van der Waals surface area contributed by atoms with Crippen molar-refractivity contribution in [2.24, 2.45) is 0 Å². The molecule has 0 saturated carbocycles. The maximum atomic E-state index is 12.9. The van der Waals surface area contributed by atoms with E-state index in [0.717, 1.165) is 22.0 Å². The second-order valence-corrected chi connectivity index (χ2v) is 7.59. The summed E-state index contributed by atoms with van der Waals surface area (Å²) in [6, 6.07) is 14.7. The van der Waals surface area contributed by atoms with E-state index >= 15 is 0 Å². The van der Waals surface area contributed by atoms with Gasteiger partial charge in [-0.25, -0.2) is 0 Å². The zero-order valence-electron chi connectivity index (χ0n) is 16.6. The molecule has 0 radical (unpaired) electrons. The average molecular weight is 447 g/mol. The molecule has 0 aliphatic rings. The van der Waals surface area contributed by atoms with Crippen molar-refractivity contribution in [1.29, 1.82) is 0 Å². The van der Waals surface area contributed by atoms with Gasteiger partial charge in [-0.2, -0.15) is 0 Å². The Hall–Kier alpha value is -2.34. The van der Waals surface area contributed by atoms with Gasteiger partial charge in [-0.05, 0) is 49.6 Å². The number of aryl methyl sites for hydroxylation is 1. The summed E-state index contributed by atoms with van der Waals surface area (Å²) in [5.41, 5.74) is 1.90. The van der Waals surface area contributed by atoms with Crippen LogP contribution in [0.25, 0.3) is 0 Å². The van der Waals surface area contributed by atoms with E-state index in [-0.39, 0.29) is 18.4 Å². The summed E-state index contributed by atoms with van der Waals surface area (Å²) in [6.07, 6.45) is 0.842. The quantitative estimate of drug-likeness (QED) is 0.630. The molecular formula is C22H27BrN2O3. The molecule has 28 heavy (non-hydrogen) atoms. The molecule has 2 aromatic rings. The zero-order valence-corrected chi connectivity index (χ0v) is 18.2. The topological polar surface area (TPSA) is 58.6 Å². The molecule has 0 spiro atoms. The third-order valence-corrected chi connectivity index (χ3v) is 4.90. The maximum absolute atomic E-state index is 12.9. The van der Waals surface area contributed by atoms with Gasteiger partial charge >= 0.3 is 0 Å². The van der Waals surface area contributed by atoms with Crippen LogP contribution in [0, 0.1) is 6.92 Å². The van der Waals surface area contributed by atoms with Crippen molar-refractivity contribution in [1.82, 2.24) is 10.2 Å². The molecule has 0 heterocycles. The van der Waals surface area contributed by atoms with Crippen LogP contribution in [-0.2, 0) is 16.1 Å². The van der Waals surface area contributed by atoms with Gasteiger partial charge in [-0.1, -0.05) is 53.2 Å². The first-order valence-corrected chi connectivity index (χ1v) is 10.2. The molecule has 0 bridgehead atoms. The number of halogens is 1. The number of hydrogen-bond donors (Lipinski definition) is 1. The minimum Gasteiger partial charge on any atom is -0.484 e. The van der Waals surface area contributed by atoms with Crippen molar-refractivity contribution in [2.75, 3.05) is 13.2 Å². The van der Waals surface area contributed by atoms with Crippen LogP contribution >= 0.6 is 15.9 Å². The fraction of sp³-hybridized carbons (Fsp3) is 0.364. The number of carbonyl (C=O) groups is 2. The average Bonchev–Trinajstić information content (AvgIpc) is 2.69. The summed E-state index contributed by atoms with van der Waals surface area (Å²) < 4.78 is 6.65. The highest BCUT2D eigenvalue weighted by atomic mass is 79.9. The highest BCUT2D eigenvalue weighted by Crippen LogP contribution is 2.18. The summed E-state index contributed by atoms with van der Waals surface area (Å²) in [4.78, 5) is 27.0. The van der Waals surface area contributed by atoms with Gasteiger partial charge in [-0.3, -0.25) is 9.59 Å². The first-order chi connectivity index (χ1) is 13.4. The monoisotopic (exact) mass is 446 g/mol. The van der Waals surface area contributed by atoms with E-state index in [0.29, 0.717) is 18.8 Å². The number of rotatable bonds is 9. The van der Waals surface area contributed by atoms with Gasteiger partial charge in [0, 0.05) is 17.6 Å². The molecule has 150 valence electrons. The van der Waals surface area contributed by atoms with Crippen LogP contribution in [0.2, 0.25) is 0 Å². The van der Waals surface area contributed by atoms with Crippen molar-refractivity contribution < 1.29 is 14.3 Å². The highest BCUT2D eigenvalue weighted by Gasteiger charge is 2.26. The summed E-state index contributed by atoms with van der Waals surface area (Å²) >= 11 is 3.45. The summed E-state index contributed by atoms with van der Waals surface area (Å²) in [7, 11) is 0. The molecule has 1 unspecified atom stereocenters. The van der Waals surface area contributed by atoms with Crippen molar-refractivity contribution >= 4 is 27.7 Å². The van der Waals surface area contributed by atoms with Gasteiger partial charge in [0.15, 0.2) is 6.61 Å². The predicted molar refractivity (Wildman–Crippen MR) is 114 cm³/mol. The number of nitrogens with zero attached hydrogens (tertiary/aromatic N) is 1. The Kier molecular flexibility index (Phi) is 8.51. The standard InChI is InChI=1S/C22H27BrN2O3/c1-4-12-24-22(27)17(3)25(14-18-9-7-10-19(23)13-18)21(26)15-28-20-11-6-5-8-16(20)2/h5-11,13,17H,4,12,14-15H2,1-3H3,(H,24,27). The second-order valence-electron chi connectivity index (χ2n) is 6.67. The molecule has 2 rings (SSSR count). The molecule has 2 amide bonds. The van der Waals surface area contributed by atoms with Crippen LogP contribution in [0.5, 0.6) is 5.75 Å². The Bertz CT molecular complexity index is 810. The largest absolute Gasteiger partial charge is 0.484 e. The van der Waals surface area contributed by atoms with Crippen molar-refractivity contribution in [2.45, 2.75) is 39.8 Å². The van der Waals surface area contributed by atoms with Gasteiger partial charge in [-0.15, -0.1) is 0 Å². The first-order valence-electron chi connectivity index (χ1n) is 9.42. The van der Waals surface area contributed by atoms with Crippen LogP contribution in [0.3, 0.4) is 0 Å². The number of benzene rings is 2. The smallest absolute Gasteiger partial charge is 0.261 e. The van der Waals surface area contributed by atoms with Crippen LogP contribution in [0.1, 0.15) is 31.4 Å². The van der Waals surface area contributed by atoms with Crippen LogP contribution in [0.4, 0.5) is 0 Å². The molecule has 2 aromatic carbocycles. The molecule has 0 aliphatic carbocycles. The molecule has 5 nitrogen and oxygen atoms in total. The third-order valence-electron chi connectivity index (χ3n) is 4.40. The number of ether oxygens (including phenoxy) is 1. The molecule has 1 atom stereocenters.